The van der Waals surface area contributed by atoms with Gasteiger partial charge < -0.3 is 16.0 Å². The third kappa shape index (κ3) is 6.56. The van der Waals surface area contributed by atoms with Crippen molar-refractivity contribution in [3.8, 4) is 11.4 Å². The standard InChI is InChI=1S/C24H28F3N7O/c1-34-22(31-32-33-34)17-4-2-6-20(14-17)29-23(35)30-21(18-5-3-13-28-15-18)12-9-16-7-10-19(11-8-16)24(25,26)27/h2,4,6-8,10-11,14,18,21,28H,3,5,9,12-13,15H2,1H3,(H2,29,30,35). The molecule has 4 rings (SSSR count). The molecule has 1 saturated heterocycles. The molecule has 186 valence electrons. The molecule has 0 radical (unpaired) electrons. The van der Waals surface area contributed by atoms with Crippen LogP contribution in [0.1, 0.15) is 30.4 Å². The van der Waals surface area contributed by atoms with E-state index in [2.05, 4.69) is 31.5 Å². The van der Waals surface area contributed by atoms with Gasteiger partial charge in [-0.05, 0) is 84.9 Å². The lowest BCUT2D eigenvalue weighted by molar-refractivity contribution is -0.137. The Morgan fingerprint density at radius 2 is 2.03 bits per heavy atom. The molecule has 1 aromatic heterocycles. The highest BCUT2D eigenvalue weighted by atomic mass is 19.4. The summed E-state index contributed by atoms with van der Waals surface area (Å²) in [6.45, 7) is 1.73. The van der Waals surface area contributed by atoms with Gasteiger partial charge in [0.1, 0.15) is 0 Å². The van der Waals surface area contributed by atoms with Crippen LogP contribution in [0.3, 0.4) is 0 Å². The Balaban J connectivity index is 1.41. The summed E-state index contributed by atoms with van der Waals surface area (Å²) in [4.78, 5) is 12.9. The molecule has 1 aliphatic rings. The van der Waals surface area contributed by atoms with Gasteiger partial charge in [-0.3, -0.25) is 0 Å². The Kier molecular flexibility index (Phi) is 7.64. The molecular formula is C24H28F3N7O. The number of nitrogens with one attached hydrogen (secondary N) is 3. The number of benzene rings is 2. The molecule has 0 aliphatic carbocycles. The predicted octanol–water partition coefficient (Wildman–Crippen LogP) is 4.02. The summed E-state index contributed by atoms with van der Waals surface area (Å²) < 4.78 is 40.1. The van der Waals surface area contributed by atoms with Crippen LogP contribution < -0.4 is 16.0 Å². The molecule has 2 amide bonds. The van der Waals surface area contributed by atoms with Gasteiger partial charge in [0.05, 0.1) is 5.56 Å². The maximum Gasteiger partial charge on any atom is 0.416 e. The molecule has 2 heterocycles. The number of halogens is 3. The molecule has 3 aromatic rings. The summed E-state index contributed by atoms with van der Waals surface area (Å²) >= 11 is 0. The highest BCUT2D eigenvalue weighted by Crippen LogP contribution is 2.29. The minimum atomic E-state index is -4.35. The highest BCUT2D eigenvalue weighted by molar-refractivity contribution is 5.90. The van der Waals surface area contributed by atoms with Crippen LogP contribution in [0, 0.1) is 5.92 Å². The fourth-order valence-corrected chi connectivity index (χ4v) is 4.38. The first kappa shape index (κ1) is 24.6. The summed E-state index contributed by atoms with van der Waals surface area (Å²) in [6, 6.07) is 12.0. The first-order valence-corrected chi connectivity index (χ1v) is 11.6. The zero-order valence-corrected chi connectivity index (χ0v) is 19.3. The maximum absolute atomic E-state index is 12.9. The van der Waals surface area contributed by atoms with Gasteiger partial charge in [-0.1, -0.05) is 24.3 Å². The van der Waals surface area contributed by atoms with E-state index in [1.54, 1.807) is 23.9 Å². The second-order valence-corrected chi connectivity index (χ2v) is 8.75. The molecule has 2 unspecified atom stereocenters. The molecular weight excluding hydrogens is 459 g/mol. The molecule has 2 atom stereocenters. The second kappa shape index (κ2) is 10.9. The number of hydrogen-bond acceptors (Lipinski definition) is 5. The fourth-order valence-electron chi connectivity index (χ4n) is 4.38. The van der Waals surface area contributed by atoms with E-state index in [1.807, 2.05) is 12.1 Å². The Hall–Kier alpha value is -3.47. The number of rotatable bonds is 7. The number of hydrogen-bond donors (Lipinski definition) is 3. The van der Waals surface area contributed by atoms with Gasteiger partial charge in [0.25, 0.3) is 0 Å². The van der Waals surface area contributed by atoms with Crippen molar-refractivity contribution in [3.05, 3.63) is 59.7 Å². The molecule has 35 heavy (non-hydrogen) atoms. The smallest absolute Gasteiger partial charge is 0.335 e. The summed E-state index contributed by atoms with van der Waals surface area (Å²) in [5.41, 5.74) is 1.52. The SMILES string of the molecule is Cn1nnnc1-c1cccc(NC(=O)NC(CCc2ccc(C(F)(F)F)cc2)C2CCCNC2)c1. The summed E-state index contributed by atoms with van der Waals surface area (Å²) in [5, 5.41) is 20.8. The van der Waals surface area contributed by atoms with Crippen molar-refractivity contribution >= 4 is 11.7 Å². The Morgan fingerprint density at radius 3 is 2.69 bits per heavy atom. The number of carbonyl (C=O) groups excluding carboxylic acids is 1. The van der Waals surface area contributed by atoms with E-state index in [0.29, 0.717) is 24.4 Å². The third-order valence-corrected chi connectivity index (χ3v) is 6.24. The van der Waals surface area contributed by atoms with Crippen LogP contribution in [0.25, 0.3) is 11.4 Å². The molecule has 0 saturated carbocycles. The van der Waals surface area contributed by atoms with Crippen LogP contribution in [0.2, 0.25) is 0 Å². The molecule has 0 bridgehead atoms. The molecule has 0 spiro atoms. The Morgan fingerprint density at radius 1 is 1.23 bits per heavy atom. The van der Waals surface area contributed by atoms with Crippen molar-refractivity contribution in [2.45, 2.75) is 37.9 Å². The lowest BCUT2D eigenvalue weighted by atomic mass is 9.88. The van der Waals surface area contributed by atoms with Crippen LogP contribution >= 0.6 is 0 Å². The van der Waals surface area contributed by atoms with E-state index in [-0.39, 0.29) is 18.0 Å². The molecule has 1 aliphatic heterocycles. The number of anilines is 1. The van der Waals surface area contributed by atoms with Crippen molar-refractivity contribution in [3.63, 3.8) is 0 Å². The summed E-state index contributed by atoms with van der Waals surface area (Å²) in [7, 11) is 1.74. The van der Waals surface area contributed by atoms with Crippen LogP contribution in [0.5, 0.6) is 0 Å². The average molecular weight is 488 g/mol. The molecule has 3 N–H and O–H groups in total. The van der Waals surface area contributed by atoms with Gasteiger partial charge in [-0.15, -0.1) is 5.10 Å². The molecule has 8 nitrogen and oxygen atoms in total. The monoisotopic (exact) mass is 487 g/mol. The van der Waals surface area contributed by atoms with Gasteiger partial charge in [0, 0.05) is 24.3 Å². The Bertz CT molecular complexity index is 1120. The first-order valence-electron chi connectivity index (χ1n) is 11.6. The predicted molar refractivity (Wildman–Crippen MR) is 126 cm³/mol. The molecule has 2 aromatic carbocycles. The fraction of sp³-hybridized carbons (Fsp3) is 0.417. The quantitative estimate of drug-likeness (QED) is 0.468. The van der Waals surface area contributed by atoms with Crippen LogP contribution in [-0.2, 0) is 19.6 Å². The van der Waals surface area contributed by atoms with Gasteiger partial charge in [-0.2, -0.15) is 13.2 Å². The molecule has 11 heteroatoms. The topological polar surface area (TPSA) is 96.8 Å². The number of urea groups is 1. The largest absolute Gasteiger partial charge is 0.416 e. The summed E-state index contributed by atoms with van der Waals surface area (Å²) in [5.74, 6) is 0.816. The first-order chi connectivity index (χ1) is 16.8. The number of carbonyl (C=O) groups is 1. The van der Waals surface area contributed by atoms with E-state index in [1.165, 1.54) is 12.1 Å². The number of aryl methyl sites for hydroxylation is 2. The van der Waals surface area contributed by atoms with Crippen LogP contribution in [-0.4, -0.2) is 45.4 Å². The number of alkyl halides is 3. The average Bonchev–Trinajstić information content (AvgIpc) is 3.28. The number of tetrazole rings is 1. The number of amides is 2. The van der Waals surface area contributed by atoms with Crippen molar-refractivity contribution in [1.29, 1.82) is 0 Å². The normalized spacial score (nSPS) is 17.1. The van der Waals surface area contributed by atoms with E-state index in [0.717, 1.165) is 49.2 Å². The maximum atomic E-state index is 12.9. The van der Waals surface area contributed by atoms with Gasteiger partial charge >= 0.3 is 12.2 Å². The van der Waals surface area contributed by atoms with Crippen molar-refractivity contribution in [2.24, 2.45) is 13.0 Å². The lowest BCUT2D eigenvalue weighted by Crippen LogP contribution is -2.47. The summed E-state index contributed by atoms with van der Waals surface area (Å²) in [6.07, 6.45) is -1.18. The van der Waals surface area contributed by atoms with E-state index in [9.17, 15) is 18.0 Å². The minimum Gasteiger partial charge on any atom is -0.335 e. The second-order valence-electron chi connectivity index (χ2n) is 8.75. The van der Waals surface area contributed by atoms with E-state index in [4.69, 9.17) is 0 Å². The van der Waals surface area contributed by atoms with Crippen LogP contribution in [0.4, 0.5) is 23.7 Å². The number of aromatic nitrogens is 4. The van der Waals surface area contributed by atoms with Crippen LogP contribution in [0.15, 0.2) is 48.5 Å². The van der Waals surface area contributed by atoms with Crippen molar-refractivity contribution in [2.75, 3.05) is 18.4 Å². The third-order valence-electron chi connectivity index (χ3n) is 6.24. The van der Waals surface area contributed by atoms with Gasteiger partial charge in [0.15, 0.2) is 5.82 Å². The van der Waals surface area contributed by atoms with E-state index >= 15 is 0 Å². The number of nitrogens with zero attached hydrogens (tertiary/aromatic N) is 4. The Labute approximate surface area is 201 Å². The van der Waals surface area contributed by atoms with Crippen molar-refractivity contribution in [1.82, 2.24) is 30.8 Å². The zero-order valence-electron chi connectivity index (χ0n) is 19.3. The number of piperidine rings is 1. The minimum absolute atomic E-state index is 0.129. The highest BCUT2D eigenvalue weighted by Gasteiger charge is 2.30. The van der Waals surface area contributed by atoms with E-state index < -0.39 is 11.7 Å². The molecule has 1 fully saturated rings. The lowest BCUT2D eigenvalue weighted by Gasteiger charge is -2.31. The van der Waals surface area contributed by atoms with Gasteiger partial charge in [0.2, 0.25) is 0 Å². The van der Waals surface area contributed by atoms with Crippen molar-refractivity contribution < 1.29 is 18.0 Å². The zero-order chi connectivity index (χ0) is 24.8. The van der Waals surface area contributed by atoms with Gasteiger partial charge in [-0.25, -0.2) is 9.48 Å².